The summed E-state index contributed by atoms with van der Waals surface area (Å²) >= 11 is 0. The topological polar surface area (TPSA) is 76.0 Å². The number of rotatable bonds is 7. The van der Waals surface area contributed by atoms with Gasteiger partial charge in [0, 0.05) is 0 Å². The molecule has 0 aliphatic rings. The molecule has 0 saturated carbocycles. The van der Waals surface area contributed by atoms with E-state index in [1.54, 1.807) is 46.4 Å². The van der Waals surface area contributed by atoms with Gasteiger partial charge < -0.3 is 15.3 Å². The SMILES string of the molecule is CCCC(NC(C)(C)O)N(C(C)(C)O)C(C)(C)O. The summed E-state index contributed by atoms with van der Waals surface area (Å²) in [5, 5.41) is 33.4. The first-order valence-electron chi connectivity index (χ1n) is 6.53. The van der Waals surface area contributed by atoms with Gasteiger partial charge in [-0.2, -0.15) is 0 Å². The number of nitrogens with one attached hydrogen (secondary N) is 1. The van der Waals surface area contributed by atoms with Crippen LogP contribution < -0.4 is 5.32 Å². The van der Waals surface area contributed by atoms with Gasteiger partial charge in [-0.3, -0.25) is 5.32 Å². The van der Waals surface area contributed by atoms with Gasteiger partial charge in [0.2, 0.25) is 0 Å². The number of hydrogen-bond donors (Lipinski definition) is 4. The highest BCUT2D eigenvalue weighted by molar-refractivity contribution is 4.86. The standard InChI is InChI=1S/C13H30N2O3/c1-8-9-10(14-11(2,3)16)15(12(4,5)17)13(6,7)18/h10,14,16-18H,8-9H2,1-7H3. The third-order valence-electron chi connectivity index (χ3n) is 2.57. The summed E-state index contributed by atoms with van der Waals surface area (Å²) in [6.45, 7) is 11.8. The average molecular weight is 262 g/mol. The van der Waals surface area contributed by atoms with Crippen LogP contribution in [0, 0.1) is 0 Å². The maximum absolute atomic E-state index is 10.3. The second kappa shape index (κ2) is 5.84. The van der Waals surface area contributed by atoms with Crippen LogP contribution in [0.25, 0.3) is 0 Å². The quantitative estimate of drug-likeness (QED) is 0.519. The molecule has 110 valence electrons. The van der Waals surface area contributed by atoms with Crippen molar-refractivity contribution in [1.29, 1.82) is 0 Å². The van der Waals surface area contributed by atoms with Crippen molar-refractivity contribution in [3.8, 4) is 0 Å². The summed E-state index contributed by atoms with van der Waals surface area (Å²) in [6.07, 6.45) is 1.25. The first kappa shape index (κ1) is 17.8. The van der Waals surface area contributed by atoms with Crippen molar-refractivity contribution in [2.75, 3.05) is 0 Å². The van der Waals surface area contributed by atoms with E-state index >= 15 is 0 Å². The van der Waals surface area contributed by atoms with Crippen molar-refractivity contribution in [3.63, 3.8) is 0 Å². The molecule has 4 N–H and O–H groups in total. The molecule has 0 aliphatic heterocycles. The van der Waals surface area contributed by atoms with Crippen LogP contribution in [-0.4, -0.2) is 43.6 Å². The molecular formula is C13H30N2O3. The molecular weight excluding hydrogens is 232 g/mol. The van der Waals surface area contributed by atoms with Crippen molar-refractivity contribution < 1.29 is 15.3 Å². The molecule has 0 aromatic rings. The van der Waals surface area contributed by atoms with Crippen LogP contribution in [0.3, 0.4) is 0 Å². The van der Waals surface area contributed by atoms with Crippen LogP contribution in [-0.2, 0) is 0 Å². The Bertz CT molecular complexity index is 234. The zero-order valence-electron chi connectivity index (χ0n) is 12.8. The van der Waals surface area contributed by atoms with E-state index in [0.717, 1.165) is 6.42 Å². The van der Waals surface area contributed by atoms with E-state index in [1.807, 2.05) is 6.92 Å². The van der Waals surface area contributed by atoms with Gasteiger partial charge in [-0.15, -0.1) is 0 Å². The predicted octanol–water partition coefficient (Wildman–Crippen LogP) is 1.19. The Hall–Kier alpha value is -0.200. The second-order valence-corrected chi connectivity index (χ2v) is 6.37. The van der Waals surface area contributed by atoms with E-state index in [4.69, 9.17) is 0 Å². The molecule has 0 amide bonds. The normalized spacial score (nSPS) is 16.2. The van der Waals surface area contributed by atoms with Crippen molar-refractivity contribution in [3.05, 3.63) is 0 Å². The highest BCUT2D eigenvalue weighted by Crippen LogP contribution is 2.26. The zero-order chi connectivity index (χ0) is 14.8. The van der Waals surface area contributed by atoms with Crippen molar-refractivity contribution in [2.45, 2.75) is 84.6 Å². The van der Waals surface area contributed by atoms with E-state index in [0.29, 0.717) is 6.42 Å². The molecule has 5 heteroatoms. The minimum atomic E-state index is -1.20. The van der Waals surface area contributed by atoms with E-state index < -0.39 is 17.2 Å². The Morgan fingerprint density at radius 2 is 1.33 bits per heavy atom. The van der Waals surface area contributed by atoms with Crippen molar-refractivity contribution in [1.82, 2.24) is 10.2 Å². The Kier molecular flexibility index (Phi) is 5.77. The third-order valence-corrected chi connectivity index (χ3v) is 2.57. The van der Waals surface area contributed by atoms with Crippen LogP contribution in [0.5, 0.6) is 0 Å². The van der Waals surface area contributed by atoms with E-state index in [-0.39, 0.29) is 6.17 Å². The lowest BCUT2D eigenvalue weighted by Crippen LogP contribution is -2.66. The number of aliphatic hydroxyl groups is 3. The monoisotopic (exact) mass is 262 g/mol. The van der Waals surface area contributed by atoms with Gasteiger partial charge in [0.15, 0.2) is 0 Å². The molecule has 0 heterocycles. The van der Waals surface area contributed by atoms with Crippen LogP contribution in [0.4, 0.5) is 0 Å². The van der Waals surface area contributed by atoms with Gasteiger partial charge in [-0.05, 0) is 48.0 Å². The minimum absolute atomic E-state index is 0.324. The van der Waals surface area contributed by atoms with Gasteiger partial charge in [0.1, 0.15) is 17.2 Å². The molecule has 0 spiro atoms. The summed E-state index contributed by atoms with van der Waals surface area (Å²) in [5.41, 5.74) is -3.47. The maximum Gasteiger partial charge on any atom is 0.116 e. The summed E-state index contributed by atoms with van der Waals surface area (Å²) in [5.74, 6) is 0. The summed E-state index contributed by atoms with van der Waals surface area (Å²) in [7, 11) is 0. The largest absolute Gasteiger partial charge is 0.376 e. The van der Waals surface area contributed by atoms with Crippen LogP contribution in [0.1, 0.15) is 61.3 Å². The Morgan fingerprint density at radius 3 is 1.56 bits per heavy atom. The van der Waals surface area contributed by atoms with Crippen molar-refractivity contribution >= 4 is 0 Å². The molecule has 0 saturated heterocycles. The zero-order valence-corrected chi connectivity index (χ0v) is 12.8. The van der Waals surface area contributed by atoms with E-state index in [1.165, 1.54) is 0 Å². The first-order valence-corrected chi connectivity index (χ1v) is 6.53. The van der Waals surface area contributed by atoms with Gasteiger partial charge in [-0.1, -0.05) is 13.3 Å². The first-order chi connectivity index (χ1) is 7.79. The van der Waals surface area contributed by atoms with Gasteiger partial charge in [-0.25, -0.2) is 4.90 Å². The molecule has 0 aromatic heterocycles. The molecule has 0 bridgehead atoms. The molecule has 0 aliphatic carbocycles. The van der Waals surface area contributed by atoms with Gasteiger partial charge >= 0.3 is 0 Å². The van der Waals surface area contributed by atoms with Crippen molar-refractivity contribution in [2.24, 2.45) is 0 Å². The Labute approximate surface area is 111 Å². The molecule has 1 atom stereocenters. The predicted molar refractivity (Wildman–Crippen MR) is 72.6 cm³/mol. The lowest BCUT2D eigenvalue weighted by Gasteiger charge is -2.49. The highest BCUT2D eigenvalue weighted by atomic mass is 16.3. The van der Waals surface area contributed by atoms with Crippen LogP contribution in [0.2, 0.25) is 0 Å². The molecule has 0 radical (unpaired) electrons. The smallest absolute Gasteiger partial charge is 0.116 e. The molecule has 0 rings (SSSR count). The summed E-state index contributed by atoms with van der Waals surface area (Å²) in [4.78, 5) is 1.57. The van der Waals surface area contributed by atoms with Crippen LogP contribution >= 0.6 is 0 Å². The molecule has 0 fully saturated rings. The molecule has 18 heavy (non-hydrogen) atoms. The lowest BCUT2D eigenvalue weighted by molar-refractivity contribution is -0.232. The van der Waals surface area contributed by atoms with Gasteiger partial charge in [0.25, 0.3) is 0 Å². The maximum atomic E-state index is 10.3. The molecule has 1 unspecified atom stereocenters. The highest BCUT2D eigenvalue weighted by Gasteiger charge is 2.41. The summed E-state index contributed by atoms with van der Waals surface area (Å²) < 4.78 is 0. The number of hydrogen-bond acceptors (Lipinski definition) is 5. The minimum Gasteiger partial charge on any atom is -0.376 e. The van der Waals surface area contributed by atoms with E-state index in [9.17, 15) is 15.3 Å². The lowest BCUT2D eigenvalue weighted by atomic mass is 10.1. The molecule has 5 nitrogen and oxygen atoms in total. The van der Waals surface area contributed by atoms with Gasteiger partial charge in [0.05, 0.1) is 6.17 Å². The summed E-state index contributed by atoms with van der Waals surface area (Å²) in [6, 6.07) is 0. The average Bonchev–Trinajstić information content (AvgIpc) is 1.93. The van der Waals surface area contributed by atoms with E-state index in [2.05, 4.69) is 5.32 Å². The fourth-order valence-corrected chi connectivity index (χ4v) is 2.38. The molecule has 0 aromatic carbocycles. The Balaban J connectivity index is 5.24. The van der Waals surface area contributed by atoms with Crippen LogP contribution in [0.15, 0.2) is 0 Å². The third kappa shape index (κ3) is 6.11. The number of nitrogens with zero attached hydrogens (tertiary/aromatic N) is 1. The fraction of sp³-hybridized carbons (Fsp3) is 1.00. The second-order valence-electron chi connectivity index (χ2n) is 6.37. The Morgan fingerprint density at radius 1 is 0.944 bits per heavy atom. The fourth-order valence-electron chi connectivity index (χ4n) is 2.38.